The predicted molar refractivity (Wildman–Crippen MR) is 48.2 cm³/mol. The maximum Gasteiger partial charge on any atom is 0.275 e. The van der Waals surface area contributed by atoms with E-state index in [4.69, 9.17) is 5.73 Å². The molecule has 0 amide bonds. The molecule has 0 aromatic carbocycles. The Kier molecular flexibility index (Phi) is 1.61. The molecular formula is C7H9N3OS. The first-order valence-corrected chi connectivity index (χ1v) is 4.59. The summed E-state index contributed by atoms with van der Waals surface area (Å²) >= 11 is 1.59. The Morgan fingerprint density at radius 1 is 1.83 bits per heavy atom. The van der Waals surface area contributed by atoms with Gasteiger partial charge in [-0.2, -0.15) is 4.98 Å². The lowest BCUT2D eigenvalue weighted by atomic mass is 10.4. The van der Waals surface area contributed by atoms with Crippen LogP contribution in [0.4, 0.5) is 5.82 Å². The molecule has 1 aliphatic rings. The highest BCUT2D eigenvalue weighted by Crippen LogP contribution is 2.30. The Morgan fingerprint density at radius 3 is 3.33 bits per heavy atom. The number of anilines is 1. The molecule has 0 spiro atoms. The second-order valence-corrected chi connectivity index (χ2v) is 4.25. The zero-order chi connectivity index (χ0) is 8.72. The second-order valence-electron chi connectivity index (χ2n) is 2.84. The van der Waals surface area contributed by atoms with E-state index < -0.39 is 0 Å². The molecule has 1 aromatic heterocycles. The molecule has 12 heavy (non-hydrogen) atoms. The molecule has 2 heterocycles. The third kappa shape index (κ3) is 1.10. The lowest BCUT2D eigenvalue weighted by Gasteiger charge is -2.03. The zero-order valence-electron chi connectivity index (χ0n) is 6.65. The van der Waals surface area contributed by atoms with E-state index in [0.29, 0.717) is 11.1 Å². The van der Waals surface area contributed by atoms with Crippen LogP contribution in [0.25, 0.3) is 0 Å². The minimum Gasteiger partial charge on any atom is -0.385 e. The van der Waals surface area contributed by atoms with E-state index in [1.807, 2.05) is 4.57 Å². The highest BCUT2D eigenvalue weighted by molar-refractivity contribution is 7.99. The van der Waals surface area contributed by atoms with Gasteiger partial charge >= 0.3 is 0 Å². The minimum atomic E-state index is -0.250. The van der Waals surface area contributed by atoms with E-state index in [1.54, 1.807) is 11.8 Å². The SMILES string of the molecule is CC1Cn2c(N)cc(=O)nc2S1. The fourth-order valence-electron chi connectivity index (χ4n) is 1.25. The Hall–Kier alpha value is -0.970. The van der Waals surface area contributed by atoms with E-state index in [0.717, 1.165) is 11.7 Å². The van der Waals surface area contributed by atoms with Crippen LogP contribution in [0.3, 0.4) is 0 Å². The Morgan fingerprint density at radius 2 is 2.58 bits per heavy atom. The van der Waals surface area contributed by atoms with Crippen molar-refractivity contribution in [1.82, 2.24) is 9.55 Å². The van der Waals surface area contributed by atoms with Gasteiger partial charge in [-0.1, -0.05) is 18.7 Å². The molecule has 0 radical (unpaired) electrons. The summed E-state index contributed by atoms with van der Waals surface area (Å²) in [5.41, 5.74) is 5.39. The number of hydrogen-bond donors (Lipinski definition) is 1. The van der Waals surface area contributed by atoms with Crippen LogP contribution in [-0.4, -0.2) is 14.8 Å². The van der Waals surface area contributed by atoms with Crippen LogP contribution in [0.15, 0.2) is 16.0 Å². The Labute approximate surface area is 73.8 Å². The molecule has 1 aliphatic heterocycles. The molecular weight excluding hydrogens is 174 g/mol. The van der Waals surface area contributed by atoms with Gasteiger partial charge in [0, 0.05) is 17.9 Å². The van der Waals surface area contributed by atoms with Crippen LogP contribution >= 0.6 is 11.8 Å². The van der Waals surface area contributed by atoms with Crippen LogP contribution in [0.5, 0.6) is 0 Å². The lowest BCUT2D eigenvalue weighted by molar-refractivity contribution is 0.647. The molecule has 1 aromatic rings. The largest absolute Gasteiger partial charge is 0.385 e. The average Bonchev–Trinajstić information content (AvgIpc) is 2.29. The smallest absolute Gasteiger partial charge is 0.275 e. The van der Waals surface area contributed by atoms with Gasteiger partial charge in [0.25, 0.3) is 5.56 Å². The summed E-state index contributed by atoms with van der Waals surface area (Å²) in [4.78, 5) is 14.8. The number of fused-ring (bicyclic) bond motifs is 1. The van der Waals surface area contributed by atoms with Crippen molar-refractivity contribution in [3.63, 3.8) is 0 Å². The number of aromatic nitrogens is 2. The van der Waals surface area contributed by atoms with Crippen molar-refractivity contribution in [3.8, 4) is 0 Å². The van der Waals surface area contributed by atoms with Crippen molar-refractivity contribution in [3.05, 3.63) is 16.4 Å². The summed E-state index contributed by atoms with van der Waals surface area (Å²) in [5, 5.41) is 1.20. The van der Waals surface area contributed by atoms with Crippen LogP contribution in [0.1, 0.15) is 6.92 Å². The summed E-state index contributed by atoms with van der Waals surface area (Å²) in [5.74, 6) is 0.516. The van der Waals surface area contributed by atoms with Crippen molar-refractivity contribution in [2.75, 3.05) is 5.73 Å². The topological polar surface area (TPSA) is 60.9 Å². The van der Waals surface area contributed by atoms with Gasteiger partial charge in [-0.3, -0.25) is 4.79 Å². The van der Waals surface area contributed by atoms with Crippen LogP contribution in [0, 0.1) is 0 Å². The van der Waals surface area contributed by atoms with Gasteiger partial charge in [-0.25, -0.2) is 0 Å². The predicted octanol–water partition coefficient (Wildman–Crippen LogP) is 0.320. The van der Waals surface area contributed by atoms with Crippen LogP contribution in [0.2, 0.25) is 0 Å². The molecule has 1 atom stereocenters. The van der Waals surface area contributed by atoms with Gasteiger partial charge in [0.1, 0.15) is 5.82 Å². The van der Waals surface area contributed by atoms with E-state index in [-0.39, 0.29) is 5.56 Å². The first-order chi connectivity index (χ1) is 5.66. The molecule has 64 valence electrons. The lowest BCUT2D eigenvalue weighted by Crippen LogP contribution is -2.15. The molecule has 0 saturated heterocycles. The Bertz CT molecular complexity index is 373. The normalized spacial score (nSPS) is 20.9. The van der Waals surface area contributed by atoms with Gasteiger partial charge in [0.2, 0.25) is 0 Å². The molecule has 5 heteroatoms. The van der Waals surface area contributed by atoms with Gasteiger partial charge in [0.15, 0.2) is 5.16 Å². The van der Waals surface area contributed by atoms with Crippen molar-refractivity contribution < 1.29 is 0 Å². The highest BCUT2D eigenvalue weighted by atomic mass is 32.2. The van der Waals surface area contributed by atoms with Crippen molar-refractivity contribution in [2.45, 2.75) is 23.9 Å². The van der Waals surface area contributed by atoms with E-state index in [2.05, 4.69) is 11.9 Å². The number of nitrogens with zero attached hydrogens (tertiary/aromatic N) is 2. The Balaban J connectivity index is 2.60. The summed E-state index contributed by atoms with van der Waals surface area (Å²) < 4.78 is 1.87. The number of thioether (sulfide) groups is 1. The third-order valence-electron chi connectivity index (χ3n) is 1.77. The summed E-state index contributed by atoms with van der Waals surface area (Å²) in [6.07, 6.45) is 0. The fraction of sp³-hybridized carbons (Fsp3) is 0.429. The van der Waals surface area contributed by atoms with Crippen LogP contribution in [-0.2, 0) is 6.54 Å². The monoisotopic (exact) mass is 183 g/mol. The average molecular weight is 183 g/mol. The second kappa shape index (κ2) is 2.52. The maximum atomic E-state index is 10.9. The molecule has 0 fully saturated rings. The molecule has 1 unspecified atom stereocenters. The van der Waals surface area contributed by atoms with Crippen molar-refractivity contribution in [2.24, 2.45) is 0 Å². The van der Waals surface area contributed by atoms with Gasteiger partial charge in [0.05, 0.1) is 0 Å². The van der Waals surface area contributed by atoms with E-state index >= 15 is 0 Å². The molecule has 2 rings (SSSR count). The number of hydrogen-bond acceptors (Lipinski definition) is 4. The number of nitrogen functional groups attached to an aromatic ring is 1. The van der Waals surface area contributed by atoms with Gasteiger partial charge in [-0.05, 0) is 0 Å². The van der Waals surface area contributed by atoms with E-state index in [9.17, 15) is 4.79 Å². The quantitative estimate of drug-likeness (QED) is 0.588. The highest BCUT2D eigenvalue weighted by Gasteiger charge is 2.20. The van der Waals surface area contributed by atoms with Crippen LogP contribution < -0.4 is 11.3 Å². The molecule has 2 N–H and O–H groups in total. The standard InChI is InChI=1S/C7H9N3OS/c1-4-3-10-5(8)2-6(11)9-7(10)12-4/h2,4H,3,8H2,1H3. The summed E-state index contributed by atoms with van der Waals surface area (Å²) in [6.45, 7) is 2.93. The number of rotatable bonds is 0. The number of nitrogens with two attached hydrogens (primary N) is 1. The van der Waals surface area contributed by atoms with Crippen molar-refractivity contribution in [1.29, 1.82) is 0 Å². The zero-order valence-corrected chi connectivity index (χ0v) is 7.47. The van der Waals surface area contributed by atoms with Crippen molar-refractivity contribution >= 4 is 17.6 Å². The molecule has 0 aliphatic carbocycles. The molecule has 4 nitrogen and oxygen atoms in total. The van der Waals surface area contributed by atoms with Gasteiger partial charge < -0.3 is 10.3 Å². The third-order valence-corrected chi connectivity index (χ3v) is 2.84. The summed E-state index contributed by atoms with van der Waals surface area (Å²) in [6, 6.07) is 1.36. The summed E-state index contributed by atoms with van der Waals surface area (Å²) in [7, 11) is 0. The first kappa shape index (κ1) is 7.67. The minimum absolute atomic E-state index is 0.250. The maximum absolute atomic E-state index is 10.9. The molecule has 0 saturated carbocycles. The van der Waals surface area contributed by atoms with Gasteiger partial charge in [-0.15, -0.1) is 0 Å². The first-order valence-electron chi connectivity index (χ1n) is 3.71. The molecule has 0 bridgehead atoms. The fourth-order valence-corrected chi connectivity index (χ4v) is 2.28. The van der Waals surface area contributed by atoms with E-state index in [1.165, 1.54) is 6.07 Å².